The van der Waals surface area contributed by atoms with Gasteiger partial charge >= 0.3 is 0 Å². The Morgan fingerprint density at radius 2 is 2.14 bits per heavy atom. The van der Waals surface area contributed by atoms with Crippen molar-refractivity contribution in [3.8, 4) is 11.8 Å². The van der Waals surface area contributed by atoms with Crippen LogP contribution in [0.5, 0.6) is 5.75 Å². The highest BCUT2D eigenvalue weighted by atomic mass is 35.5. The number of halogens is 1. The van der Waals surface area contributed by atoms with Gasteiger partial charge in [-0.25, -0.2) is 0 Å². The van der Waals surface area contributed by atoms with Gasteiger partial charge in [0.2, 0.25) is 11.0 Å². The number of allylic oxidation sites excluding steroid dienone is 3. The van der Waals surface area contributed by atoms with E-state index in [1.165, 1.54) is 18.2 Å². The summed E-state index contributed by atoms with van der Waals surface area (Å²) < 4.78 is 5.81. The second-order valence-electron chi connectivity index (χ2n) is 9.20. The van der Waals surface area contributed by atoms with Crippen molar-refractivity contribution in [3.63, 3.8) is 0 Å². The maximum atomic E-state index is 13.3. The summed E-state index contributed by atoms with van der Waals surface area (Å²) in [4.78, 5) is 38.0. The molecule has 5 rings (SSSR count). The number of amides is 1. The van der Waals surface area contributed by atoms with Crippen LogP contribution in [0.15, 0.2) is 69.5 Å². The minimum absolute atomic E-state index is 0.0649. The maximum absolute atomic E-state index is 13.3. The number of Topliss-reactive ketones (excluding diaryl/α,β-unsaturated/α-hetero) is 1. The first kappa shape index (κ1) is 29.1. The number of nitrogens with one attached hydrogen (secondary N) is 1. The molecule has 12 nitrogen and oxygen atoms in total. The van der Waals surface area contributed by atoms with Crippen molar-refractivity contribution in [1.82, 2.24) is 10.2 Å². The van der Waals surface area contributed by atoms with Crippen LogP contribution in [0, 0.1) is 21.4 Å². The van der Waals surface area contributed by atoms with Crippen LogP contribution < -0.4 is 20.7 Å². The lowest BCUT2D eigenvalue weighted by Gasteiger charge is -2.38. The summed E-state index contributed by atoms with van der Waals surface area (Å²) in [6.07, 6.45) is 1.52. The number of nitriles is 1. The van der Waals surface area contributed by atoms with Crippen LogP contribution in [0.2, 0.25) is 5.02 Å². The molecule has 2 aromatic carbocycles. The molecule has 1 aliphatic heterocycles. The van der Waals surface area contributed by atoms with Gasteiger partial charge in [0.25, 0.3) is 5.69 Å². The van der Waals surface area contributed by atoms with Crippen LogP contribution in [0.4, 0.5) is 16.5 Å². The van der Waals surface area contributed by atoms with Crippen molar-refractivity contribution < 1.29 is 19.2 Å². The Bertz CT molecular complexity index is 1710. The highest BCUT2D eigenvalue weighted by Gasteiger charge is 2.41. The monoisotopic (exact) mass is 623 g/mol. The third-order valence-electron chi connectivity index (χ3n) is 6.69. The van der Waals surface area contributed by atoms with Gasteiger partial charge in [0, 0.05) is 29.8 Å². The molecule has 1 amide bonds. The summed E-state index contributed by atoms with van der Waals surface area (Å²) >= 11 is 8.33. The lowest BCUT2D eigenvalue weighted by atomic mass is 9.76. The summed E-state index contributed by atoms with van der Waals surface area (Å²) in [6.45, 7) is 0. The minimum atomic E-state index is -0.643. The number of hydrogen-bond acceptors (Lipinski definition) is 12. The second-order valence-corrected chi connectivity index (χ2v) is 11.8. The molecular weight excluding hydrogens is 602 g/mol. The smallest absolute Gasteiger partial charge is 0.271 e. The van der Waals surface area contributed by atoms with Gasteiger partial charge in [0.1, 0.15) is 11.6 Å². The molecule has 1 atom stereocenters. The van der Waals surface area contributed by atoms with Crippen LogP contribution >= 0.6 is 34.7 Å². The summed E-state index contributed by atoms with van der Waals surface area (Å²) in [5.41, 5.74) is 8.62. The third kappa shape index (κ3) is 5.67. The number of nitro groups is 1. The van der Waals surface area contributed by atoms with E-state index in [0.29, 0.717) is 45.8 Å². The molecule has 42 heavy (non-hydrogen) atoms. The largest absolute Gasteiger partial charge is 0.497 e. The van der Waals surface area contributed by atoms with E-state index in [0.717, 1.165) is 28.7 Å². The average Bonchev–Trinajstić information content (AvgIpc) is 3.45. The zero-order chi connectivity index (χ0) is 30.0. The molecule has 0 saturated carbocycles. The number of non-ortho nitro benzene ring substituents is 1. The molecule has 3 N–H and O–H groups in total. The molecule has 1 unspecified atom stereocenters. The van der Waals surface area contributed by atoms with E-state index < -0.39 is 16.7 Å². The van der Waals surface area contributed by atoms with E-state index in [4.69, 9.17) is 22.1 Å². The molecule has 2 heterocycles. The molecule has 3 aromatic rings. The first-order chi connectivity index (χ1) is 20.2. The zero-order valence-corrected chi connectivity index (χ0v) is 24.4. The minimum Gasteiger partial charge on any atom is -0.497 e. The van der Waals surface area contributed by atoms with E-state index in [1.807, 2.05) is 6.07 Å². The highest BCUT2D eigenvalue weighted by molar-refractivity contribution is 8.01. The molecule has 0 spiro atoms. The molecular formula is C27H22ClN7O5S2. The number of methoxy groups -OCH3 is 1. The molecule has 0 saturated heterocycles. The van der Waals surface area contributed by atoms with Gasteiger partial charge in [-0.2, -0.15) is 5.26 Å². The highest BCUT2D eigenvalue weighted by Crippen LogP contribution is 2.47. The summed E-state index contributed by atoms with van der Waals surface area (Å²) in [7, 11) is 1.55. The molecule has 0 fully saturated rings. The van der Waals surface area contributed by atoms with Crippen LogP contribution in [0.25, 0.3) is 0 Å². The Morgan fingerprint density at radius 1 is 1.33 bits per heavy atom. The number of nitrogens with zero attached hydrogens (tertiary/aromatic N) is 5. The van der Waals surface area contributed by atoms with E-state index >= 15 is 0 Å². The number of carbonyl (C=O) groups is 2. The van der Waals surface area contributed by atoms with Crippen molar-refractivity contribution in [1.29, 1.82) is 5.26 Å². The lowest BCUT2D eigenvalue weighted by Crippen LogP contribution is -2.38. The van der Waals surface area contributed by atoms with Crippen molar-refractivity contribution >= 4 is 62.9 Å². The summed E-state index contributed by atoms with van der Waals surface area (Å²) in [5.74, 6) is -0.483. The Hall–Kier alpha value is -4.45. The van der Waals surface area contributed by atoms with Gasteiger partial charge in [-0.05, 0) is 36.6 Å². The molecule has 214 valence electrons. The molecule has 1 aromatic heterocycles. The number of thioether (sulfide) groups is 1. The van der Waals surface area contributed by atoms with Crippen molar-refractivity contribution in [3.05, 3.63) is 85.8 Å². The van der Waals surface area contributed by atoms with Crippen LogP contribution in [-0.2, 0) is 9.59 Å². The number of aromatic nitrogens is 2. The molecule has 2 aliphatic rings. The average molecular weight is 624 g/mol. The number of rotatable bonds is 8. The number of hydrogen-bond donors (Lipinski definition) is 2. The van der Waals surface area contributed by atoms with E-state index in [-0.39, 0.29) is 39.3 Å². The van der Waals surface area contributed by atoms with Gasteiger partial charge in [-0.3, -0.25) is 24.6 Å². The van der Waals surface area contributed by atoms with Crippen LogP contribution in [0.3, 0.4) is 0 Å². The fraction of sp³-hybridized carbons (Fsp3) is 0.222. The molecule has 1 aliphatic carbocycles. The number of nitro benzene ring substituents is 1. The predicted molar refractivity (Wildman–Crippen MR) is 158 cm³/mol. The maximum Gasteiger partial charge on any atom is 0.271 e. The number of ketones is 1. The topological polar surface area (TPSA) is 177 Å². The van der Waals surface area contributed by atoms with Gasteiger partial charge < -0.3 is 15.8 Å². The Morgan fingerprint density at radius 3 is 2.88 bits per heavy atom. The SMILES string of the molecule is COc1cccc(C2C(C#N)=C(N)N(c3nnc(SCC(=O)Nc4cc([N+](=O)[O-])ccc4Cl)s3)C3=C2C(=O)CCC3)c1. The van der Waals surface area contributed by atoms with E-state index in [9.17, 15) is 25.0 Å². The number of ether oxygens (including phenoxy) is 1. The standard InChI is InChI=1S/C27H22ClN7O5S2/c1-40-16-5-2-4-14(10-16)23-17(12-29)25(30)34(20-6-3-7-21(36)24(20)23)26-32-33-27(42-26)41-13-22(37)31-19-11-15(35(38)39)8-9-18(19)28/h2,4-5,8-11,23H,3,6-7,13,30H2,1H3,(H,31,37). The summed E-state index contributed by atoms with van der Waals surface area (Å²) in [6, 6.07) is 13.2. The van der Waals surface area contributed by atoms with Gasteiger partial charge in [-0.15, -0.1) is 10.2 Å². The van der Waals surface area contributed by atoms with E-state index in [1.54, 1.807) is 30.2 Å². The van der Waals surface area contributed by atoms with Crippen molar-refractivity contribution in [2.24, 2.45) is 5.73 Å². The third-order valence-corrected chi connectivity index (χ3v) is 9.06. The van der Waals surface area contributed by atoms with Crippen LogP contribution in [0.1, 0.15) is 30.7 Å². The van der Waals surface area contributed by atoms with Gasteiger partial charge in [0.05, 0.1) is 46.1 Å². The fourth-order valence-electron chi connectivity index (χ4n) is 4.85. The van der Waals surface area contributed by atoms with Crippen molar-refractivity contribution in [2.75, 3.05) is 23.1 Å². The molecule has 15 heteroatoms. The number of anilines is 2. The molecule has 0 radical (unpaired) electrons. The van der Waals surface area contributed by atoms with E-state index in [2.05, 4.69) is 21.6 Å². The van der Waals surface area contributed by atoms with Gasteiger partial charge in [-0.1, -0.05) is 46.8 Å². The number of benzene rings is 2. The number of nitrogens with two attached hydrogens (primary N) is 1. The Labute approximate surface area is 253 Å². The lowest BCUT2D eigenvalue weighted by molar-refractivity contribution is -0.384. The fourth-order valence-corrected chi connectivity index (χ4v) is 6.69. The predicted octanol–water partition coefficient (Wildman–Crippen LogP) is 5.14. The quantitative estimate of drug-likeness (QED) is 0.193. The zero-order valence-electron chi connectivity index (χ0n) is 22.0. The first-order valence-electron chi connectivity index (χ1n) is 12.5. The Balaban J connectivity index is 1.40. The second kappa shape index (κ2) is 12.2. The Kier molecular flexibility index (Phi) is 8.44. The molecule has 0 bridgehead atoms. The van der Waals surface area contributed by atoms with Gasteiger partial charge in [0.15, 0.2) is 10.1 Å². The first-order valence-corrected chi connectivity index (χ1v) is 14.7. The van der Waals surface area contributed by atoms with Crippen LogP contribution in [-0.4, -0.2) is 39.7 Å². The number of carbonyl (C=O) groups excluding carboxylic acids is 2. The normalized spacial score (nSPS) is 16.6. The van der Waals surface area contributed by atoms with Crippen molar-refractivity contribution in [2.45, 2.75) is 29.5 Å². The summed E-state index contributed by atoms with van der Waals surface area (Å²) in [5, 5.41) is 32.8.